The first-order chi connectivity index (χ1) is 9.19. The Hall–Kier alpha value is -1.06. The molecule has 110 valence electrons. The van der Waals surface area contributed by atoms with Crippen molar-refractivity contribution in [3.8, 4) is 0 Å². The maximum Gasteiger partial charge on any atom is 0.227 e. The predicted molar refractivity (Wildman–Crippen MR) is 76.7 cm³/mol. The molecule has 0 saturated carbocycles. The van der Waals surface area contributed by atoms with E-state index in [0.717, 1.165) is 25.9 Å². The van der Waals surface area contributed by atoms with Gasteiger partial charge in [0.25, 0.3) is 0 Å². The maximum absolute atomic E-state index is 12.4. The molecule has 1 aliphatic heterocycles. The van der Waals surface area contributed by atoms with Gasteiger partial charge in [-0.2, -0.15) is 0 Å². The summed E-state index contributed by atoms with van der Waals surface area (Å²) < 4.78 is 0. The van der Waals surface area contributed by atoms with Crippen molar-refractivity contribution in [1.82, 2.24) is 10.2 Å². The molecule has 0 radical (unpaired) electrons. The highest BCUT2D eigenvalue weighted by Gasteiger charge is 2.30. The van der Waals surface area contributed by atoms with E-state index in [9.17, 15) is 9.59 Å². The first-order valence-corrected chi connectivity index (χ1v) is 7.74. The van der Waals surface area contributed by atoms with Crippen LogP contribution in [0.1, 0.15) is 58.8 Å². The quantitative estimate of drug-likeness (QED) is 0.652. The van der Waals surface area contributed by atoms with Crippen LogP contribution in [0.2, 0.25) is 0 Å². The number of hydrogen-bond acceptors (Lipinski definition) is 2. The van der Waals surface area contributed by atoms with Gasteiger partial charge in [0, 0.05) is 26.1 Å². The number of rotatable bonds is 9. The van der Waals surface area contributed by atoms with Crippen LogP contribution in [0, 0.1) is 5.92 Å². The van der Waals surface area contributed by atoms with Gasteiger partial charge in [-0.25, -0.2) is 0 Å². The molecule has 4 nitrogen and oxygen atoms in total. The molecule has 0 aromatic carbocycles. The van der Waals surface area contributed by atoms with Crippen molar-refractivity contribution >= 4 is 11.8 Å². The lowest BCUT2D eigenvalue weighted by molar-refractivity contribution is -0.136. The molecule has 1 N–H and O–H groups in total. The largest absolute Gasteiger partial charge is 0.355 e. The van der Waals surface area contributed by atoms with Crippen LogP contribution in [0.3, 0.4) is 0 Å². The molecule has 0 spiro atoms. The third-order valence-electron chi connectivity index (χ3n) is 3.70. The zero-order chi connectivity index (χ0) is 14.1. The third kappa shape index (κ3) is 5.62. The zero-order valence-electron chi connectivity index (χ0n) is 12.4. The van der Waals surface area contributed by atoms with Gasteiger partial charge in [-0.1, -0.05) is 39.5 Å². The van der Waals surface area contributed by atoms with Gasteiger partial charge in [0.05, 0.1) is 5.92 Å². The molecule has 1 atom stereocenters. The lowest BCUT2D eigenvalue weighted by Gasteiger charge is -2.25. The first kappa shape index (κ1) is 16.0. The topological polar surface area (TPSA) is 49.4 Å². The fourth-order valence-electron chi connectivity index (χ4n) is 2.48. The van der Waals surface area contributed by atoms with Gasteiger partial charge in [-0.3, -0.25) is 9.59 Å². The number of unbranched alkanes of at least 4 members (excludes halogenated alkanes) is 4. The van der Waals surface area contributed by atoms with Crippen molar-refractivity contribution in [3.63, 3.8) is 0 Å². The van der Waals surface area contributed by atoms with Crippen LogP contribution in [0.5, 0.6) is 0 Å². The van der Waals surface area contributed by atoms with Gasteiger partial charge >= 0.3 is 0 Å². The molecule has 1 unspecified atom stereocenters. The monoisotopic (exact) mass is 268 g/mol. The van der Waals surface area contributed by atoms with Crippen LogP contribution >= 0.6 is 0 Å². The van der Waals surface area contributed by atoms with Gasteiger partial charge in [0.1, 0.15) is 0 Å². The summed E-state index contributed by atoms with van der Waals surface area (Å²) in [4.78, 5) is 25.6. The van der Waals surface area contributed by atoms with Crippen molar-refractivity contribution in [2.75, 3.05) is 19.6 Å². The second kappa shape index (κ2) is 8.94. The first-order valence-electron chi connectivity index (χ1n) is 7.74. The molecule has 1 heterocycles. The molecule has 1 fully saturated rings. The van der Waals surface area contributed by atoms with Crippen LogP contribution in [-0.2, 0) is 9.59 Å². The zero-order valence-corrected chi connectivity index (χ0v) is 12.4. The van der Waals surface area contributed by atoms with Gasteiger partial charge in [0.2, 0.25) is 11.8 Å². The SMILES string of the molecule is CCCCCN(CCCCC)C(=O)C1CNC(=O)C1. The van der Waals surface area contributed by atoms with E-state index in [1.54, 1.807) is 0 Å². The molecule has 0 aromatic heterocycles. The number of carbonyl (C=O) groups excluding carboxylic acids is 2. The minimum Gasteiger partial charge on any atom is -0.355 e. The third-order valence-corrected chi connectivity index (χ3v) is 3.70. The number of amides is 2. The van der Waals surface area contributed by atoms with Gasteiger partial charge in [0.15, 0.2) is 0 Å². The molecule has 1 rings (SSSR count). The predicted octanol–water partition coefficient (Wildman–Crippen LogP) is 2.33. The highest BCUT2D eigenvalue weighted by Crippen LogP contribution is 2.14. The molecule has 19 heavy (non-hydrogen) atoms. The summed E-state index contributed by atoms with van der Waals surface area (Å²) in [5.74, 6) is 0.0572. The summed E-state index contributed by atoms with van der Waals surface area (Å²) in [6.45, 7) is 6.56. The van der Waals surface area contributed by atoms with Gasteiger partial charge < -0.3 is 10.2 Å². The van der Waals surface area contributed by atoms with Crippen LogP contribution in [0.25, 0.3) is 0 Å². The average Bonchev–Trinajstić information content (AvgIpc) is 2.83. The Morgan fingerprint density at radius 3 is 2.16 bits per heavy atom. The molecule has 2 amide bonds. The number of hydrogen-bond donors (Lipinski definition) is 1. The van der Waals surface area contributed by atoms with E-state index in [1.807, 2.05) is 4.90 Å². The maximum atomic E-state index is 12.4. The average molecular weight is 268 g/mol. The van der Waals surface area contributed by atoms with Crippen molar-refractivity contribution in [2.45, 2.75) is 58.8 Å². The highest BCUT2D eigenvalue weighted by molar-refractivity contribution is 5.89. The Kier molecular flexibility index (Phi) is 7.53. The summed E-state index contributed by atoms with van der Waals surface area (Å²) >= 11 is 0. The summed E-state index contributed by atoms with van der Waals surface area (Å²) in [7, 11) is 0. The van der Waals surface area contributed by atoms with Crippen LogP contribution in [0.15, 0.2) is 0 Å². The number of nitrogens with one attached hydrogen (secondary N) is 1. The van der Waals surface area contributed by atoms with E-state index < -0.39 is 0 Å². The minimum absolute atomic E-state index is 0.0143. The second-order valence-electron chi connectivity index (χ2n) is 5.44. The lowest BCUT2D eigenvalue weighted by Crippen LogP contribution is -2.38. The molecule has 4 heteroatoms. The molecule has 1 saturated heterocycles. The Morgan fingerprint density at radius 2 is 1.74 bits per heavy atom. The molecule has 1 aliphatic rings. The van der Waals surface area contributed by atoms with E-state index in [1.165, 1.54) is 25.7 Å². The Labute approximate surface area is 116 Å². The Bertz CT molecular complexity index is 282. The normalized spacial score (nSPS) is 18.4. The van der Waals surface area contributed by atoms with Crippen LogP contribution in [-0.4, -0.2) is 36.3 Å². The van der Waals surface area contributed by atoms with E-state index in [0.29, 0.717) is 13.0 Å². The van der Waals surface area contributed by atoms with Crippen LogP contribution < -0.4 is 5.32 Å². The molecular weight excluding hydrogens is 240 g/mol. The minimum atomic E-state index is -0.129. The Balaban J connectivity index is 2.45. The van der Waals surface area contributed by atoms with Crippen molar-refractivity contribution in [3.05, 3.63) is 0 Å². The number of carbonyl (C=O) groups is 2. The second-order valence-corrected chi connectivity index (χ2v) is 5.44. The molecule has 0 aliphatic carbocycles. The van der Waals surface area contributed by atoms with Crippen molar-refractivity contribution in [1.29, 1.82) is 0 Å². The lowest BCUT2D eigenvalue weighted by atomic mass is 10.1. The van der Waals surface area contributed by atoms with Crippen LogP contribution in [0.4, 0.5) is 0 Å². The smallest absolute Gasteiger partial charge is 0.227 e. The molecular formula is C15H28N2O2. The highest BCUT2D eigenvalue weighted by atomic mass is 16.2. The van der Waals surface area contributed by atoms with Crippen molar-refractivity contribution < 1.29 is 9.59 Å². The van der Waals surface area contributed by atoms with Gasteiger partial charge in [-0.15, -0.1) is 0 Å². The summed E-state index contributed by atoms with van der Waals surface area (Å²) in [5, 5.41) is 2.75. The summed E-state index contributed by atoms with van der Waals surface area (Å²) in [6.07, 6.45) is 7.18. The number of nitrogens with zero attached hydrogens (tertiary/aromatic N) is 1. The van der Waals surface area contributed by atoms with E-state index in [-0.39, 0.29) is 17.7 Å². The van der Waals surface area contributed by atoms with Gasteiger partial charge in [-0.05, 0) is 12.8 Å². The fourth-order valence-corrected chi connectivity index (χ4v) is 2.48. The van der Waals surface area contributed by atoms with E-state index >= 15 is 0 Å². The summed E-state index contributed by atoms with van der Waals surface area (Å²) in [5.41, 5.74) is 0. The molecule has 0 aromatic rings. The van der Waals surface area contributed by atoms with E-state index in [4.69, 9.17) is 0 Å². The van der Waals surface area contributed by atoms with Crippen molar-refractivity contribution in [2.24, 2.45) is 5.92 Å². The fraction of sp³-hybridized carbons (Fsp3) is 0.867. The summed E-state index contributed by atoms with van der Waals surface area (Å²) in [6, 6.07) is 0. The van der Waals surface area contributed by atoms with E-state index in [2.05, 4.69) is 19.2 Å². The standard InChI is InChI=1S/C15H28N2O2/c1-3-5-7-9-17(10-8-6-4-2)15(19)13-11-14(18)16-12-13/h13H,3-12H2,1-2H3,(H,16,18). The molecule has 0 bridgehead atoms. The Morgan fingerprint density at radius 1 is 1.16 bits per heavy atom.